The van der Waals surface area contributed by atoms with E-state index in [2.05, 4.69) is 11.2 Å². The van der Waals surface area contributed by atoms with E-state index in [1.807, 2.05) is 91.0 Å². The maximum absolute atomic E-state index is 13.6. The number of hydrogen-bond acceptors (Lipinski definition) is 1. The highest BCUT2D eigenvalue weighted by atomic mass is 32.2. The molecule has 0 saturated heterocycles. The molecule has 0 amide bonds. The minimum atomic E-state index is -6.30. The van der Waals surface area contributed by atoms with Crippen LogP contribution >= 0.6 is 0 Å². The predicted molar refractivity (Wildman–Crippen MR) is 131 cm³/mol. The zero-order chi connectivity index (χ0) is 27.9. The summed E-state index contributed by atoms with van der Waals surface area (Å²) in [5.41, 5.74) is -0.820. The Balaban J connectivity index is 0.000000232. The van der Waals surface area contributed by atoms with Crippen LogP contribution in [0.2, 0.25) is 0 Å². The van der Waals surface area contributed by atoms with Gasteiger partial charge in [0.2, 0.25) is 0 Å². The third-order valence-corrected chi connectivity index (χ3v) is 7.25. The number of halogens is 8. The van der Waals surface area contributed by atoms with Crippen molar-refractivity contribution >= 4 is 22.4 Å². The summed E-state index contributed by atoms with van der Waals surface area (Å²) in [4.78, 5) is 0.785. The van der Waals surface area contributed by atoms with Gasteiger partial charge in [-0.1, -0.05) is 70.9 Å². The maximum Gasteiger partial charge on any atom is 0.515 e. The summed E-state index contributed by atoms with van der Waals surface area (Å²) in [6.45, 7) is -6.30. The van der Waals surface area contributed by atoms with E-state index in [1.165, 1.54) is 0 Å². The van der Waals surface area contributed by atoms with Gasteiger partial charge in [0.15, 0.2) is 43.3 Å². The quantitative estimate of drug-likeness (QED) is 0.0655. The van der Waals surface area contributed by atoms with Gasteiger partial charge in [0.05, 0.1) is 0 Å². The van der Waals surface area contributed by atoms with E-state index >= 15 is 0 Å². The van der Waals surface area contributed by atoms with E-state index in [4.69, 9.17) is 0 Å². The lowest BCUT2D eigenvalue weighted by molar-refractivity contribution is 0.377. The summed E-state index contributed by atoms with van der Waals surface area (Å²) in [7, 11) is -2.48. The molecule has 1 nitrogen and oxygen atoms in total. The SMILES string of the molecule is Fc1c(F)c(F)c([B-](F)(F)F)c(F)c1F.O=[S+](C#Cc1ccccc1)(Cc1ccccc1)c1ccccc1. The zero-order valence-corrected chi connectivity index (χ0v) is 20.1. The first kappa shape index (κ1) is 28.7. The van der Waals surface area contributed by atoms with E-state index in [-0.39, 0.29) is 0 Å². The summed E-state index contributed by atoms with van der Waals surface area (Å²) < 4.78 is 111. The molecule has 0 aliphatic carbocycles. The van der Waals surface area contributed by atoms with Gasteiger partial charge >= 0.3 is 6.98 Å². The molecule has 4 aromatic rings. The Morgan fingerprint density at radius 2 is 1.03 bits per heavy atom. The molecule has 38 heavy (non-hydrogen) atoms. The van der Waals surface area contributed by atoms with Crippen molar-refractivity contribution in [2.24, 2.45) is 0 Å². The summed E-state index contributed by atoms with van der Waals surface area (Å²) in [6.07, 6.45) is 0. The molecule has 0 aliphatic rings. The normalized spacial score (nSPS) is 12.4. The van der Waals surface area contributed by atoms with E-state index in [9.17, 15) is 39.1 Å². The summed E-state index contributed by atoms with van der Waals surface area (Å²) >= 11 is 0. The lowest BCUT2D eigenvalue weighted by Crippen LogP contribution is -2.41. The molecule has 4 rings (SSSR count). The lowest BCUT2D eigenvalue weighted by atomic mass is 9.79. The molecule has 1 unspecified atom stereocenters. The van der Waals surface area contributed by atoms with Crippen LogP contribution < -0.4 is 5.46 Å². The molecule has 11 heteroatoms. The molecule has 196 valence electrons. The zero-order valence-electron chi connectivity index (χ0n) is 19.3. The van der Waals surface area contributed by atoms with Gasteiger partial charge in [0.25, 0.3) is 0 Å². The van der Waals surface area contributed by atoms with Crippen molar-refractivity contribution in [2.75, 3.05) is 0 Å². The molecule has 0 aliphatic heterocycles. The average molecular weight is 552 g/mol. The van der Waals surface area contributed by atoms with Crippen molar-refractivity contribution < 1.29 is 39.1 Å². The highest BCUT2D eigenvalue weighted by Crippen LogP contribution is 2.24. The van der Waals surface area contributed by atoms with Crippen molar-refractivity contribution in [3.8, 4) is 11.2 Å². The summed E-state index contributed by atoms with van der Waals surface area (Å²) in [5, 5.41) is 3.05. The van der Waals surface area contributed by atoms with Crippen LogP contribution in [0, 0.1) is 40.3 Å². The van der Waals surface area contributed by atoms with Crippen molar-refractivity contribution in [3.63, 3.8) is 0 Å². The van der Waals surface area contributed by atoms with Gasteiger partial charge in [-0.25, -0.2) is 22.0 Å². The Morgan fingerprint density at radius 1 is 0.605 bits per heavy atom. The smallest absolute Gasteiger partial charge is 0.445 e. The molecule has 4 aromatic carbocycles. The molecule has 0 fully saturated rings. The van der Waals surface area contributed by atoms with E-state index in [1.54, 1.807) is 0 Å². The Hall–Kier alpha value is -3.91. The van der Waals surface area contributed by atoms with E-state index < -0.39 is 51.5 Å². The first-order valence-corrected chi connectivity index (χ1v) is 12.6. The third kappa shape index (κ3) is 6.89. The van der Waals surface area contributed by atoms with Crippen molar-refractivity contribution in [2.45, 2.75) is 10.6 Å². The van der Waals surface area contributed by atoms with Crippen LogP contribution in [0.3, 0.4) is 0 Å². The fourth-order valence-corrected chi connectivity index (χ4v) is 5.10. The van der Waals surface area contributed by atoms with E-state index in [0.29, 0.717) is 5.75 Å². The number of benzene rings is 4. The van der Waals surface area contributed by atoms with Crippen LogP contribution in [0.1, 0.15) is 11.1 Å². The Labute approximate surface area is 214 Å². The second kappa shape index (κ2) is 12.1. The largest absolute Gasteiger partial charge is 0.515 e. The molecule has 0 N–H and O–H groups in total. The van der Waals surface area contributed by atoms with Crippen LogP contribution in [-0.4, -0.2) is 6.98 Å². The van der Waals surface area contributed by atoms with Crippen molar-refractivity contribution in [3.05, 3.63) is 131 Å². The molecule has 0 aromatic heterocycles. The lowest BCUT2D eigenvalue weighted by Gasteiger charge is -2.17. The first-order valence-electron chi connectivity index (χ1n) is 10.8. The minimum absolute atomic E-state index is 0.428. The topological polar surface area (TPSA) is 17.1 Å². The minimum Gasteiger partial charge on any atom is -0.445 e. The highest BCUT2D eigenvalue weighted by molar-refractivity contribution is 8.06. The predicted octanol–water partition coefficient (Wildman–Crippen LogP) is 7.19. The Kier molecular flexibility index (Phi) is 9.12. The standard InChI is InChI=1S/C21H17OS.C6BF8/c22-23(21-14-8-3-9-15-21,18-20-12-6-2-7-13-20)17-16-19-10-4-1-5-11-19;8-2-1(7(13,14)15)3(9)5(11)6(12)4(2)10/h1-15H,18H2;/q+1;-1. The maximum atomic E-state index is 13.6. The van der Waals surface area contributed by atoms with Crippen LogP contribution in [0.5, 0.6) is 0 Å². The first-order chi connectivity index (χ1) is 17.9. The van der Waals surface area contributed by atoms with Crippen molar-refractivity contribution in [1.82, 2.24) is 0 Å². The molecule has 0 heterocycles. The summed E-state index contributed by atoms with van der Waals surface area (Å²) in [6, 6.07) is 29.1. The third-order valence-electron chi connectivity index (χ3n) is 5.04. The van der Waals surface area contributed by atoms with Crippen LogP contribution in [0.25, 0.3) is 0 Å². The number of hydrogen-bond donors (Lipinski definition) is 0. The fraction of sp³-hybridized carbons (Fsp3) is 0.0370. The van der Waals surface area contributed by atoms with Crippen LogP contribution in [0.15, 0.2) is 95.9 Å². The summed E-state index contributed by atoms with van der Waals surface area (Å²) in [5.74, 6) is -10.1. The van der Waals surface area contributed by atoms with Gasteiger partial charge in [-0.2, -0.15) is 0 Å². The molecule has 0 bridgehead atoms. The molecule has 1 atom stereocenters. The molecule has 0 radical (unpaired) electrons. The van der Waals surface area contributed by atoms with Gasteiger partial charge in [-0.15, -0.1) is 0 Å². The van der Waals surface area contributed by atoms with Gasteiger partial charge < -0.3 is 12.9 Å². The monoisotopic (exact) mass is 552 g/mol. The Morgan fingerprint density at radius 3 is 1.50 bits per heavy atom. The van der Waals surface area contributed by atoms with E-state index in [0.717, 1.165) is 16.0 Å². The molecular weight excluding hydrogens is 535 g/mol. The molecule has 0 spiro atoms. The van der Waals surface area contributed by atoms with Crippen LogP contribution in [0.4, 0.5) is 34.9 Å². The highest BCUT2D eigenvalue weighted by Gasteiger charge is 2.38. The van der Waals surface area contributed by atoms with Gasteiger partial charge in [-0.3, -0.25) is 0 Å². The van der Waals surface area contributed by atoms with Gasteiger partial charge in [-0.05, 0) is 35.6 Å². The molecular formula is C27H17BF8OS. The number of rotatable bonds is 4. The van der Waals surface area contributed by atoms with Crippen molar-refractivity contribution in [1.29, 1.82) is 0 Å². The second-order valence-corrected chi connectivity index (χ2v) is 10.1. The van der Waals surface area contributed by atoms with Gasteiger partial charge in [0, 0.05) is 11.1 Å². The Bertz CT molecular complexity index is 1470. The second-order valence-electron chi connectivity index (χ2n) is 7.77. The molecule has 0 saturated carbocycles. The average Bonchev–Trinajstić information content (AvgIpc) is 2.91. The van der Waals surface area contributed by atoms with Crippen LogP contribution in [-0.2, 0) is 19.9 Å². The fourth-order valence-electron chi connectivity index (χ4n) is 3.20. The van der Waals surface area contributed by atoms with Gasteiger partial charge in [0.1, 0.15) is 11.6 Å².